The number of rotatable bonds is 6. The molecule has 0 bridgehead atoms. The minimum Gasteiger partial charge on any atom is -0.493 e. The summed E-state index contributed by atoms with van der Waals surface area (Å²) in [5.41, 5.74) is 1.62. The molecule has 0 aliphatic carbocycles. The van der Waals surface area contributed by atoms with Gasteiger partial charge in [-0.25, -0.2) is 9.97 Å². The van der Waals surface area contributed by atoms with Gasteiger partial charge >= 0.3 is 0 Å². The summed E-state index contributed by atoms with van der Waals surface area (Å²) in [5, 5.41) is 2.74. The van der Waals surface area contributed by atoms with Crippen LogP contribution >= 0.6 is 0 Å². The van der Waals surface area contributed by atoms with Crippen molar-refractivity contribution in [3.05, 3.63) is 48.0 Å². The Balaban J connectivity index is 1.82. The van der Waals surface area contributed by atoms with Crippen LogP contribution in [0, 0.1) is 6.92 Å². The average molecular weight is 287 g/mol. The normalized spacial score (nSPS) is 10.0. The molecule has 0 fully saturated rings. The summed E-state index contributed by atoms with van der Waals surface area (Å²) >= 11 is 0. The molecule has 1 amide bonds. The molecule has 1 aromatic heterocycles. The molecule has 0 aliphatic rings. The summed E-state index contributed by atoms with van der Waals surface area (Å²) in [5.74, 6) is 0.905. The van der Waals surface area contributed by atoms with Gasteiger partial charge in [-0.05, 0) is 25.1 Å². The van der Waals surface area contributed by atoms with E-state index >= 15 is 0 Å². The predicted molar refractivity (Wildman–Crippen MR) is 77.1 cm³/mol. The van der Waals surface area contributed by atoms with Crippen LogP contribution in [0.25, 0.3) is 0 Å². The Kier molecular flexibility index (Phi) is 5.09. The Morgan fingerprint density at radius 2 is 2.00 bits per heavy atom. The molecule has 6 heteroatoms. The molecule has 0 radical (unpaired) electrons. The number of aryl methyl sites for hydroxylation is 1. The van der Waals surface area contributed by atoms with Crippen molar-refractivity contribution in [3.8, 4) is 11.5 Å². The number of amides is 1. The van der Waals surface area contributed by atoms with Crippen LogP contribution in [-0.4, -0.2) is 29.6 Å². The number of para-hydroxylation sites is 2. The number of ether oxygens (including phenoxy) is 2. The molecular formula is C15H17N3O3. The van der Waals surface area contributed by atoms with Crippen LogP contribution in [0.4, 0.5) is 0 Å². The third-order valence-electron chi connectivity index (χ3n) is 2.75. The van der Waals surface area contributed by atoms with Gasteiger partial charge < -0.3 is 14.8 Å². The third kappa shape index (κ3) is 4.45. The fraction of sp³-hybridized carbons (Fsp3) is 0.267. The zero-order valence-electron chi connectivity index (χ0n) is 12.0. The van der Waals surface area contributed by atoms with Crippen LogP contribution in [0.2, 0.25) is 0 Å². The van der Waals surface area contributed by atoms with E-state index in [1.807, 2.05) is 25.1 Å². The number of methoxy groups -OCH3 is 1. The van der Waals surface area contributed by atoms with Gasteiger partial charge in [0.25, 0.3) is 5.91 Å². The summed E-state index contributed by atoms with van der Waals surface area (Å²) in [6.45, 7) is 2.14. The molecule has 110 valence electrons. The highest BCUT2D eigenvalue weighted by Crippen LogP contribution is 2.25. The van der Waals surface area contributed by atoms with E-state index in [-0.39, 0.29) is 12.5 Å². The first-order valence-electron chi connectivity index (χ1n) is 6.49. The first-order valence-corrected chi connectivity index (χ1v) is 6.49. The lowest BCUT2D eigenvalue weighted by Crippen LogP contribution is -2.28. The molecule has 1 aromatic carbocycles. The Morgan fingerprint density at radius 1 is 1.24 bits per heavy atom. The number of hydrogen-bond acceptors (Lipinski definition) is 5. The van der Waals surface area contributed by atoms with Crippen molar-refractivity contribution < 1.29 is 14.3 Å². The van der Waals surface area contributed by atoms with E-state index in [4.69, 9.17) is 9.47 Å². The van der Waals surface area contributed by atoms with E-state index in [1.165, 1.54) is 6.33 Å². The molecule has 0 aliphatic heterocycles. The Morgan fingerprint density at radius 3 is 2.71 bits per heavy atom. The number of hydrogen-bond donors (Lipinski definition) is 1. The molecule has 0 atom stereocenters. The average Bonchev–Trinajstić information content (AvgIpc) is 2.51. The summed E-state index contributed by atoms with van der Waals surface area (Å²) < 4.78 is 10.6. The lowest BCUT2D eigenvalue weighted by atomic mass is 10.3. The minimum atomic E-state index is -0.225. The topological polar surface area (TPSA) is 73.3 Å². The fourth-order valence-corrected chi connectivity index (χ4v) is 1.73. The number of carbonyl (C=O) groups is 1. The van der Waals surface area contributed by atoms with Crippen LogP contribution < -0.4 is 14.8 Å². The Bertz CT molecular complexity index is 617. The van der Waals surface area contributed by atoms with Crippen molar-refractivity contribution in [1.82, 2.24) is 15.3 Å². The van der Waals surface area contributed by atoms with E-state index in [0.717, 1.165) is 11.4 Å². The van der Waals surface area contributed by atoms with Crippen molar-refractivity contribution in [1.29, 1.82) is 0 Å². The SMILES string of the molecule is COc1ccccc1OCC(=O)NCc1cc(C)ncn1. The van der Waals surface area contributed by atoms with Gasteiger partial charge in [-0.3, -0.25) is 4.79 Å². The maximum atomic E-state index is 11.8. The minimum absolute atomic E-state index is 0.0789. The zero-order chi connectivity index (χ0) is 15.1. The second-order valence-electron chi connectivity index (χ2n) is 4.37. The van der Waals surface area contributed by atoms with E-state index < -0.39 is 0 Å². The van der Waals surface area contributed by atoms with Crippen molar-refractivity contribution in [3.63, 3.8) is 0 Å². The smallest absolute Gasteiger partial charge is 0.258 e. The van der Waals surface area contributed by atoms with E-state index in [0.29, 0.717) is 18.0 Å². The number of benzene rings is 1. The molecule has 0 unspecified atom stereocenters. The van der Waals surface area contributed by atoms with Gasteiger partial charge in [0.2, 0.25) is 0 Å². The molecule has 0 spiro atoms. The molecule has 2 aromatic rings. The van der Waals surface area contributed by atoms with Crippen LogP contribution in [0.5, 0.6) is 11.5 Å². The van der Waals surface area contributed by atoms with E-state index in [9.17, 15) is 4.79 Å². The summed E-state index contributed by atoms with van der Waals surface area (Å²) in [7, 11) is 1.56. The maximum absolute atomic E-state index is 11.8. The highest BCUT2D eigenvalue weighted by atomic mass is 16.5. The second kappa shape index (κ2) is 7.23. The number of aromatic nitrogens is 2. The number of nitrogens with zero attached hydrogens (tertiary/aromatic N) is 2. The molecule has 1 N–H and O–H groups in total. The van der Waals surface area contributed by atoms with Crippen molar-refractivity contribution in [2.45, 2.75) is 13.5 Å². The van der Waals surface area contributed by atoms with Gasteiger partial charge in [0.05, 0.1) is 19.3 Å². The van der Waals surface area contributed by atoms with Crippen molar-refractivity contribution in [2.24, 2.45) is 0 Å². The van der Waals surface area contributed by atoms with Gasteiger partial charge in [-0.1, -0.05) is 12.1 Å². The van der Waals surface area contributed by atoms with Crippen LogP contribution in [0.1, 0.15) is 11.4 Å². The Labute approximate surface area is 123 Å². The van der Waals surface area contributed by atoms with Gasteiger partial charge in [0.15, 0.2) is 18.1 Å². The predicted octanol–water partition coefficient (Wildman–Crippen LogP) is 1.49. The summed E-state index contributed by atoms with van der Waals surface area (Å²) in [6, 6.07) is 9.00. The van der Waals surface area contributed by atoms with Gasteiger partial charge in [0.1, 0.15) is 6.33 Å². The van der Waals surface area contributed by atoms with Gasteiger partial charge in [0, 0.05) is 5.69 Å². The van der Waals surface area contributed by atoms with Crippen LogP contribution in [0.15, 0.2) is 36.7 Å². The summed E-state index contributed by atoms with van der Waals surface area (Å²) in [6.07, 6.45) is 1.47. The molecule has 0 saturated carbocycles. The van der Waals surface area contributed by atoms with Crippen LogP contribution in [-0.2, 0) is 11.3 Å². The molecule has 6 nitrogen and oxygen atoms in total. The molecular weight excluding hydrogens is 270 g/mol. The highest BCUT2D eigenvalue weighted by Gasteiger charge is 2.07. The molecule has 0 saturated heterocycles. The van der Waals surface area contributed by atoms with Crippen molar-refractivity contribution in [2.75, 3.05) is 13.7 Å². The zero-order valence-corrected chi connectivity index (χ0v) is 12.0. The lowest BCUT2D eigenvalue weighted by Gasteiger charge is -2.10. The van der Waals surface area contributed by atoms with Gasteiger partial charge in [-0.2, -0.15) is 0 Å². The lowest BCUT2D eigenvalue weighted by molar-refractivity contribution is -0.123. The monoisotopic (exact) mass is 287 g/mol. The highest BCUT2D eigenvalue weighted by molar-refractivity contribution is 5.77. The summed E-state index contributed by atoms with van der Waals surface area (Å²) in [4.78, 5) is 19.8. The van der Waals surface area contributed by atoms with E-state index in [2.05, 4.69) is 15.3 Å². The number of carbonyl (C=O) groups excluding carboxylic acids is 1. The standard InChI is InChI=1S/C15H17N3O3/c1-11-7-12(18-10-17-11)8-16-15(19)9-21-14-6-4-3-5-13(14)20-2/h3-7,10H,8-9H2,1-2H3,(H,16,19). The first-order chi connectivity index (χ1) is 10.2. The number of nitrogens with one attached hydrogen (secondary N) is 1. The van der Waals surface area contributed by atoms with Gasteiger partial charge in [-0.15, -0.1) is 0 Å². The second-order valence-corrected chi connectivity index (χ2v) is 4.37. The van der Waals surface area contributed by atoms with E-state index in [1.54, 1.807) is 19.2 Å². The molecule has 2 rings (SSSR count). The third-order valence-corrected chi connectivity index (χ3v) is 2.75. The fourth-order valence-electron chi connectivity index (χ4n) is 1.73. The molecule has 21 heavy (non-hydrogen) atoms. The maximum Gasteiger partial charge on any atom is 0.258 e. The van der Waals surface area contributed by atoms with Crippen LogP contribution in [0.3, 0.4) is 0 Å². The first kappa shape index (κ1) is 14.8. The largest absolute Gasteiger partial charge is 0.493 e. The van der Waals surface area contributed by atoms with Crippen molar-refractivity contribution >= 4 is 5.91 Å². The quantitative estimate of drug-likeness (QED) is 0.871. The Hall–Kier alpha value is -2.63. The molecule has 1 heterocycles.